The largest absolute Gasteiger partial charge is 0.295 e. The zero-order valence-electron chi connectivity index (χ0n) is 8.60. The second kappa shape index (κ2) is 3.91. The molecule has 0 radical (unpaired) electrons. The maximum absolute atomic E-state index is 11.4. The molecule has 1 aliphatic carbocycles. The third-order valence-electron chi connectivity index (χ3n) is 2.39. The fourth-order valence-electron chi connectivity index (χ4n) is 1.93. The molecule has 0 aromatic heterocycles. The van der Waals surface area contributed by atoms with Crippen molar-refractivity contribution in [2.75, 3.05) is 0 Å². The summed E-state index contributed by atoms with van der Waals surface area (Å²) in [7, 11) is 0. The van der Waals surface area contributed by atoms with E-state index < -0.39 is 0 Å². The Balaban J connectivity index is 2.63. The number of rotatable bonds is 3. The highest BCUT2D eigenvalue weighted by atomic mass is 16.1. The average molecular weight is 178 g/mol. The summed E-state index contributed by atoms with van der Waals surface area (Å²) in [6.07, 6.45) is 7.48. The predicted octanol–water partition coefficient (Wildman–Crippen LogP) is 3.27. The number of carbonyl (C=O) groups excluding carboxylic acids is 1. The molecule has 0 aromatic rings. The highest BCUT2D eigenvalue weighted by molar-refractivity contribution is 5.91. The molecule has 0 aromatic carbocycles. The van der Waals surface area contributed by atoms with E-state index in [1.165, 1.54) is 5.57 Å². The Bertz CT molecular complexity index is 246. The minimum atomic E-state index is 0.169. The van der Waals surface area contributed by atoms with Crippen LogP contribution in [0.25, 0.3) is 0 Å². The van der Waals surface area contributed by atoms with Crippen molar-refractivity contribution in [1.82, 2.24) is 0 Å². The lowest BCUT2D eigenvalue weighted by Gasteiger charge is -2.28. The van der Waals surface area contributed by atoms with Gasteiger partial charge in [-0.05, 0) is 30.8 Å². The van der Waals surface area contributed by atoms with Crippen molar-refractivity contribution in [3.05, 3.63) is 24.3 Å². The molecule has 13 heavy (non-hydrogen) atoms. The van der Waals surface area contributed by atoms with Gasteiger partial charge in [0.25, 0.3) is 0 Å². The number of carbonyl (C=O) groups is 1. The van der Waals surface area contributed by atoms with Gasteiger partial charge >= 0.3 is 0 Å². The third-order valence-corrected chi connectivity index (χ3v) is 2.39. The molecule has 0 N–H and O–H groups in total. The van der Waals surface area contributed by atoms with E-state index in [2.05, 4.69) is 20.4 Å². The van der Waals surface area contributed by atoms with Gasteiger partial charge in [-0.25, -0.2) is 0 Å². The molecule has 0 saturated heterocycles. The molecule has 0 aliphatic heterocycles. The number of ketones is 1. The summed E-state index contributed by atoms with van der Waals surface area (Å²) in [5.41, 5.74) is 1.46. The second-order valence-electron chi connectivity index (χ2n) is 4.61. The summed E-state index contributed by atoms with van der Waals surface area (Å²) in [5.74, 6) is 0.287. The topological polar surface area (TPSA) is 17.1 Å². The van der Waals surface area contributed by atoms with Gasteiger partial charge in [-0.2, -0.15) is 0 Å². The zero-order chi connectivity index (χ0) is 9.90. The number of allylic oxidation sites excluding steroid dienone is 3. The van der Waals surface area contributed by atoms with E-state index in [1.807, 2.05) is 12.2 Å². The standard InChI is InChI=1S/C12H18O/c1-4-5-6-10-7-11(13)9-12(2,3)8-10/h4,7H,1,5-6,8-9H2,2-3H3. The normalized spacial score (nSPS) is 21.1. The van der Waals surface area contributed by atoms with Crippen molar-refractivity contribution in [3.63, 3.8) is 0 Å². The van der Waals surface area contributed by atoms with Crippen molar-refractivity contribution in [1.29, 1.82) is 0 Å². The van der Waals surface area contributed by atoms with Crippen LogP contribution in [0.2, 0.25) is 0 Å². The predicted molar refractivity (Wildman–Crippen MR) is 55.5 cm³/mol. The quantitative estimate of drug-likeness (QED) is 0.606. The van der Waals surface area contributed by atoms with E-state index >= 15 is 0 Å². The monoisotopic (exact) mass is 178 g/mol. The smallest absolute Gasteiger partial charge is 0.156 e. The van der Waals surface area contributed by atoms with Gasteiger partial charge in [-0.15, -0.1) is 6.58 Å². The van der Waals surface area contributed by atoms with Gasteiger partial charge in [0.15, 0.2) is 5.78 Å². The molecule has 1 aliphatic rings. The molecular weight excluding hydrogens is 160 g/mol. The van der Waals surface area contributed by atoms with Crippen LogP contribution in [0.3, 0.4) is 0 Å². The summed E-state index contributed by atoms with van der Waals surface area (Å²) >= 11 is 0. The van der Waals surface area contributed by atoms with Crippen LogP contribution in [0.15, 0.2) is 24.3 Å². The van der Waals surface area contributed by atoms with Crippen LogP contribution in [0.1, 0.15) is 39.5 Å². The summed E-state index contributed by atoms with van der Waals surface area (Å²) in [6, 6.07) is 0. The van der Waals surface area contributed by atoms with Gasteiger partial charge in [0, 0.05) is 6.42 Å². The van der Waals surface area contributed by atoms with E-state index in [1.54, 1.807) is 0 Å². The molecule has 1 nitrogen and oxygen atoms in total. The highest BCUT2D eigenvalue weighted by Crippen LogP contribution is 2.35. The van der Waals surface area contributed by atoms with E-state index in [9.17, 15) is 4.79 Å². The molecular formula is C12H18O. The first kappa shape index (κ1) is 10.2. The Morgan fingerprint density at radius 1 is 1.54 bits per heavy atom. The Labute approximate surface area is 80.5 Å². The minimum Gasteiger partial charge on any atom is -0.295 e. The third kappa shape index (κ3) is 3.17. The molecule has 1 heteroatoms. The van der Waals surface area contributed by atoms with Crippen LogP contribution in [-0.4, -0.2) is 5.78 Å². The van der Waals surface area contributed by atoms with Gasteiger partial charge in [-0.3, -0.25) is 4.79 Å². The minimum absolute atomic E-state index is 0.169. The number of hydrogen-bond donors (Lipinski definition) is 0. The molecule has 72 valence electrons. The van der Waals surface area contributed by atoms with E-state index in [4.69, 9.17) is 0 Å². The molecule has 0 unspecified atom stereocenters. The number of hydrogen-bond acceptors (Lipinski definition) is 1. The molecule has 1 rings (SSSR count). The van der Waals surface area contributed by atoms with Gasteiger partial charge in [-0.1, -0.05) is 25.5 Å². The van der Waals surface area contributed by atoms with Crippen molar-refractivity contribution >= 4 is 5.78 Å². The van der Waals surface area contributed by atoms with Crippen molar-refractivity contribution in [2.45, 2.75) is 39.5 Å². The fraction of sp³-hybridized carbons (Fsp3) is 0.583. The second-order valence-corrected chi connectivity index (χ2v) is 4.61. The van der Waals surface area contributed by atoms with Crippen LogP contribution in [0.5, 0.6) is 0 Å². The first-order valence-corrected chi connectivity index (χ1v) is 4.87. The van der Waals surface area contributed by atoms with Crippen LogP contribution in [-0.2, 0) is 4.79 Å². The van der Waals surface area contributed by atoms with Gasteiger partial charge in [0.1, 0.15) is 0 Å². The SMILES string of the molecule is C=CCCC1=CC(=O)CC(C)(C)C1. The maximum atomic E-state index is 11.4. The Morgan fingerprint density at radius 3 is 2.77 bits per heavy atom. The van der Waals surface area contributed by atoms with Gasteiger partial charge in [0.05, 0.1) is 0 Å². The lowest BCUT2D eigenvalue weighted by atomic mass is 9.76. The van der Waals surface area contributed by atoms with Crippen LogP contribution >= 0.6 is 0 Å². The first-order valence-electron chi connectivity index (χ1n) is 4.87. The summed E-state index contributed by atoms with van der Waals surface area (Å²) in [4.78, 5) is 11.4. The van der Waals surface area contributed by atoms with Gasteiger partial charge in [0.2, 0.25) is 0 Å². The lowest BCUT2D eigenvalue weighted by molar-refractivity contribution is -0.117. The summed E-state index contributed by atoms with van der Waals surface area (Å²) in [5, 5.41) is 0. The molecule has 0 fully saturated rings. The van der Waals surface area contributed by atoms with Crippen LogP contribution in [0.4, 0.5) is 0 Å². The molecule has 0 bridgehead atoms. The Hall–Kier alpha value is -0.850. The lowest BCUT2D eigenvalue weighted by Crippen LogP contribution is -2.21. The average Bonchev–Trinajstić information content (AvgIpc) is 1.97. The fourth-order valence-corrected chi connectivity index (χ4v) is 1.93. The van der Waals surface area contributed by atoms with Crippen molar-refractivity contribution in [2.24, 2.45) is 5.41 Å². The van der Waals surface area contributed by atoms with Crippen LogP contribution < -0.4 is 0 Å². The van der Waals surface area contributed by atoms with E-state index in [-0.39, 0.29) is 11.2 Å². The van der Waals surface area contributed by atoms with Gasteiger partial charge < -0.3 is 0 Å². The van der Waals surface area contributed by atoms with E-state index in [0.717, 1.165) is 19.3 Å². The summed E-state index contributed by atoms with van der Waals surface area (Å²) in [6.45, 7) is 8.01. The van der Waals surface area contributed by atoms with Crippen molar-refractivity contribution < 1.29 is 4.79 Å². The molecule has 0 spiro atoms. The Morgan fingerprint density at radius 2 is 2.23 bits per heavy atom. The molecule has 0 saturated carbocycles. The Kier molecular flexibility index (Phi) is 3.07. The summed E-state index contributed by atoms with van der Waals surface area (Å²) < 4.78 is 0. The first-order chi connectivity index (χ1) is 6.03. The molecule has 0 heterocycles. The highest BCUT2D eigenvalue weighted by Gasteiger charge is 2.26. The molecule has 0 atom stereocenters. The van der Waals surface area contributed by atoms with E-state index in [0.29, 0.717) is 6.42 Å². The molecule has 0 amide bonds. The van der Waals surface area contributed by atoms with Crippen LogP contribution in [0, 0.1) is 5.41 Å². The zero-order valence-corrected chi connectivity index (χ0v) is 8.60. The van der Waals surface area contributed by atoms with Crippen molar-refractivity contribution in [3.8, 4) is 0 Å². The maximum Gasteiger partial charge on any atom is 0.156 e.